The van der Waals surface area contributed by atoms with Crippen LogP contribution in [0, 0.1) is 11.6 Å². The van der Waals surface area contributed by atoms with Crippen LogP contribution in [0.5, 0.6) is 5.75 Å². The Morgan fingerprint density at radius 3 is 2.63 bits per heavy atom. The summed E-state index contributed by atoms with van der Waals surface area (Å²) >= 11 is 0. The highest BCUT2D eigenvalue weighted by Gasteiger charge is 2.28. The zero-order chi connectivity index (χ0) is 13.4. The maximum Gasteiger partial charge on any atom is 0.130 e. The van der Waals surface area contributed by atoms with Crippen LogP contribution in [-0.2, 0) is 0 Å². The lowest BCUT2D eigenvalue weighted by molar-refractivity contribution is 0.156. The molecule has 1 heterocycles. The average molecular weight is 261 g/mol. The minimum atomic E-state index is -0.481. The standard InChI is InChI=1S/C15H13F2NO/c16-9-5-6-11-13(18)8-15(19-14(11)7-9)10-3-1-2-4-12(10)17/h1-7,13,15H,8,18H2/t13-,15?/m0/s1. The lowest BCUT2D eigenvalue weighted by atomic mass is 9.93. The van der Waals surface area contributed by atoms with Crippen molar-refractivity contribution in [3.8, 4) is 5.75 Å². The van der Waals surface area contributed by atoms with E-state index < -0.39 is 6.10 Å². The van der Waals surface area contributed by atoms with Crippen LogP contribution in [-0.4, -0.2) is 0 Å². The molecule has 2 nitrogen and oxygen atoms in total. The predicted octanol–water partition coefficient (Wildman–Crippen LogP) is 3.49. The summed E-state index contributed by atoms with van der Waals surface area (Å²) in [5.41, 5.74) is 7.26. The van der Waals surface area contributed by atoms with Gasteiger partial charge in [0.15, 0.2) is 0 Å². The van der Waals surface area contributed by atoms with Gasteiger partial charge in [0.25, 0.3) is 0 Å². The van der Waals surface area contributed by atoms with Crippen molar-refractivity contribution < 1.29 is 13.5 Å². The van der Waals surface area contributed by atoms with Crippen molar-refractivity contribution in [3.05, 3.63) is 65.2 Å². The molecule has 1 aliphatic heterocycles. The number of benzene rings is 2. The molecule has 98 valence electrons. The van der Waals surface area contributed by atoms with Gasteiger partial charge in [-0.1, -0.05) is 24.3 Å². The summed E-state index contributed by atoms with van der Waals surface area (Å²) < 4.78 is 32.7. The van der Waals surface area contributed by atoms with E-state index in [0.29, 0.717) is 17.7 Å². The number of hydrogen-bond donors (Lipinski definition) is 1. The summed E-state index contributed by atoms with van der Waals surface area (Å²) in [5.74, 6) is -0.327. The molecular weight excluding hydrogens is 248 g/mol. The van der Waals surface area contributed by atoms with Gasteiger partial charge < -0.3 is 10.5 Å². The van der Waals surface area contributed by atoms with Crippen LogP contribution < -0.4 is 10.5 Å². The maximum absolute atomic E-state index is 13.8. The Hall–Kier alpha value is -1.94. The molecule has 0 aromatic heterocycles. The first-order valence-electron chi connectivity index (χ1n) is 6.11. The predicted molar refractivity (Wildman–Crippen MR) is 67.7 cm³/mol. The van der Waals surface area contributed by atoms with E-state index in [2.05, 4.69) is 0 Å². The fourth-order valence-corrected chi connectivity index (χ4v) is 2.40. The second-order valence-corrected chi connectivity index (χ2v) is 4.65. The van der Waals surface area contributed by atoms with Crippen molar-refractivity contribution in [3.63, 3.8) is 0 Å². The molecular formula is C15H13F2NO. The van der Waals surface area contributed by atoms with E-state index >= 15 is 0 Å². The van der Waals surface area contributed by atoms with E-state index in [0.717, 1.165) is 5.56 Å². The third-order valence-electron chi connectivity index (χ3n) is 3.36. The maximum atomic E-state index is 13.8. The highest BCUT2D eigenvalue weighted by Crippen LogP contribution is 2.40. The van der Waals surface area contributed by atoms with E-state index in [1.165, 1.54) is 18.2 Å². The monoisotopic (exact) mass is 261 g/mol. The summed E-state index contributed by atoms with van der Waals surface area (Å²) in [5, 5.41) is 0. The van der Waals surface area contributed by atoms with Gasteiger partial charge in [-0.3, -0.25) is 0 Å². The molecule has 1 unspecified atom stereocenters. The SMILES string of the molecule is N[C@H]1CC(c2ccccc2F)Oc2cc(F)ccc21. The summed E-state index contributed by atoms with van der Waals surface area (Å²) in [4.78, 5) is 0. The molecule has 2 N–H and O–H groups in total. The van der Waals surface area contributed by atoms with Crippen LogP contribution in [0.1, 0.15) is 29.7 Å². The van der Waals surface area contributed by atoms with E-state index in [4.69, 9.17) is 10.5 Å². The lowest BCUT2D eigenvalue weighted by Gasteiger charge is -2.30. The average Bonchev–Trinajstić information content (AvgIpc) is 2.38. The number of nitrogens with two attached hydrogens (primary N) is 1. The Labute approximate surface area is 109 Å². The molecule has 19 heavy (non-hydrogen) atoms. The van der Waals surface area contributed by atoms with Crippen molar-refractivity contribution in [1.82, 2.24) is 0 Å². The minimum Gasteiger partial charge on any atom is -0.485 e. The van der Waals surface area contributed by atoms with Gasteiger partial charge >= 0.3 is 0 Å². The number of fused-ring (bicyclic) bond motifs is 1. The number of hydrogen-bond acceptors (Lipinski definition) is 2. The van der Waals surface area contributed by atoms with E-state index in [-0.39, 0.29) is 17.7 Å². The van der Waals surface area contributed by atoms with Gasteiger partial charge in [0.05, 0.1) is 0 Å². The summed E-state index contributed by atoms with van der Waals surface area (Å²) in [6, 6.07) is 10.4. The van der Waals surface area contributed by atoms with Crippen LogP contribution in [0.25, 0.3) is 0 Å². The first-order valence-corrected chi connectivity index (χ1v) is 6.11. The Bertz CT molecular complexity index is 615. The zero-order valence-electron chi connectivity index (χ0n) is 10.1. The third-order valence-corrected chi connectivity index (χ3v) is 3.36. The molecule has 2 atom stereocenters. The quantitative estimate of drug-likeness (QED) is 0.852. The molecule has 4 heteroatoms. The van der Waals surface area contributed by atoms with Gasteiger partial charge in [-0.25, -0.2) is 8.78 Å². The molecule has 0 fully saturated rings. The Morgan fingerprint density at radius 1 is 1.05 bits per heavy atom. The van der Waals surface area contributed by atoms with Crippen molar-refractivity contribution in [2.45, 2.75) is 18.6 Å². The Balaban J connectivity index is 1.99. The fraction of sp³-hybridized carbons (Fsp3) is 0.200. The number of halogens is 2. The Morgan fingerprint density at radius 2 is 1.84 bits per heavy atom. The second kappa shape index (κ2) is 4.63. The van der Waals surface area contributed by atoms with E-state index in [9.17, 15) is 8.78 Å². The molecule has 0 spiro atoms. The molecule has 0 saturated carbocycles. The number of rotatable bonds is 1. The van der Waals surface area contributed by atoms with Gasteiger partial charge in [-0.2, -0.15) is 0 Å². The van der Waals surface area contributed by atoms with Crippen molar-refractivity contribution in [2.75, 3.05) is 0 Å². The topological polar surface area (TPSA) is 35.2 Å². The largest absolute Gasteiger partial charge is 0.485 e. The first kappa shape index (κ1) is 12.1. The molecule has 0 amide bonds. The van der Waals surface area contributed by atoms with Gasteiger partial charge in [0.1, 0.15) is 23.5 Å². The molecule has 0 bridgehead atoms. The molecule has 2 aromatic carbocycles. The zero-order valence-corrected chi connectivity index (χ0v) is 10.1. The van der Waals surface area contributed by atoms with Crippen LogP contribution in [0.4, 0.5) is 8.78 Å². The van der Waals surface area contributed by atoms with Crippen molar-refractivity contribution >= 4 is 0 Å². The van der Waals surface area contributed by atoms with Crippen molar-refractivity contribution in [2.24, 2.45) is 5.73 Å². The van der Waals surface area contributed by atoms with Crippen LogP contribution in [0.3, 0.4) is 0 Å². The normalized spacial score (nSPS) is 21.6. The van der Waals surface area contributed by atoms with Gasteiger partial charge in [0, 0.05) is 29.7 Å². The molecule has 0 aliphatic carbocycles. The molecule has 2 aromatic rings. The van der Waals surface area contributed by atoms with Gasteiger partial charge in [-0.05, 0) is 12.1 Å². The molecule has 3 rings (SSSR count). The highest BCUT2D eigenvalue weighted by atomic mass is 19.1. The van der Waals surface area contributed by atoms with Crippen LogP contribution in [0.2, 0.25) is 0 Å². The van der Waals surface area contributed by atoms with Crippen molar-refractivity contribution in [1.29, 1.82) is 0 Å². The van der Waals surface area contributed by atoms with E-state index in [1.54, 1.807) is 24.3 Å². The Kier molecular flexibility index (Phi) is 2.95. The smallest absolute Gasteiger partial charge is 0.130 e. The highest BCUT2D eigenvalue weighted by molar-refractivity contribution is 5.39. The van der Waals surface area contributed by atoms with Gasteiger partial charge in [0.2, 0.25) is 0 Å². The molecule has 1 aliphatic rings. The summed E-state index contributed by atoms with van der Waals surface area (Å²) in [6.45, 7) is 0. The lowest BCUT2D eigenvalue weighted by Crippen LogP contribution is -2.24. The molecule has 0 saturated heterocycles. The van der Waals surface area contributed by atoms with Crippen LogP contribution >= 0.6 is 0 Å². The summed E-state index contributed by atoms with van der Waals surface area (Å²) in [7, 11) is 0. The van der Waals surface area contributed by atoms with E-state index in [1.807, 2.05) is 0 Å². The second-order valence-electron chi connectivity index (χ2n) is 4.65. The summed E-state index contributed by atoms with van der Waals surface area (Å²) in [6.07, 6.45) is -0.00923. The third kappa shape index (κ3) is 2.19. The molecule has 0 radical (unpaired) electrons. The van der Waals surface area contributed by atoms with Gasteiger partial charge in [-0.15, -0.1) is 0 Å². The minimum absolute atomic E-state index is 0.283. The first-order chi connectivity index (χ1) is 9.15. The van der Waals surface area contributed by atoms with Crippen LogP contribution in [0.15, 0.2) is 42.5 Å². The number of ether oxygens (including phenoxy) is 1. The fourth-order valence-electron chi connectivity index (χ4n) is 2.40.